The summed E-state index contributed by atoms with van der Waals surface area (Å²) >= 11 is 0. The summed E-state index contributed by atoms with van der Waals surface area (Å²) in [5, 5.41) is 11.7. The number of piperidine rings is 1. The van der Waals surface area contributed by atoms with Crippen molar-refractivity contribution in [1.29, 1.82) is 0 Å². The zero-order valence-corrected chi connectivity index (χ0v) is 14.9. The lowest BCUT2D eigenvalue weighted by atomic mass is 9.69. The zero-order valence-electron chi connectivity index (χ0n) is 14.9. The summed E-state index contributed by atoms with van der Waals surface area (Å²) in [4.78, 5) is 0. The van der Waals surface area contributed by atoms with E-state index in [0.29, 0.717) is 0 Å². The van der Waals surface area contributed by atoms with E-state index in [2.05, 4.69) is 29.5 Å². The van der Waals surface area contributed by atoms with Gasteiger partial charge in [-0.05, 0) is 49.3 Å². The van der Waals surface area contributed by atoms with Crippen molar-refractivity contribution in [1.82, 2.24) is 20.3 Å². The number of hydrogen-bond acceptors (Lipinski definition) is 3. The lowest BCUT2D eigenvalue weighted by Gasteiger charge is -2.42. The second-order valence-corrected chi connectivity index (χ2v) is 7.43. The largest absolute Gasteiger partial charge is 0.416 e. The standard InChI is InChI=1S/C18H23F3N4/c1-11-7-13(5-6-14(11)18(19,20)21)17(3)8-12(2)22-15(9-17)16-10-25(4)24-23-16/h5-7,10,12,15,22H,8-9H2,1-4H3/t12-,15-,17+/m0/s1. The summed E-state index contributed by atoms with van der Waals surface area (Å²) in [6.07, 6.45) is -0.809. The maximum atomic E-state index is 13.0. The summed E-state index contributed by atoms with van der Waals surface area (Å²) in [6, 6.07) is 4.79. The molecule has 2 heterocycles. The lowest BCUT2D eigenvalue weighted by Crippen LogP contribution is -2.45. The molecule has 0 radical (unpaired) electrons. The first-order chi connectivity index (χ1) is 11.6. The van der Waals surface area contributed by atoms with Gasteiger partial charge in [0.15, 0.2) is 0 Å². The number of rotatable bonds is 2. The molecule has 4 nitrogen and oxygen atoms in total. The van der Waals surface area contributed by atoms with E-state index in [1.807, 2.05) is 13.2 Å². The molecule has 0 bridgehead atoms. The van der Waals surface area contributed by atoms with Crippen molar-refractivity contribution < 1.29 is 13.2 Å². The SMILES string of the molecule is Cc1cc([C@@]2(C)C[C@@H](c3cn(C)nn3)N[C@@H](C)C2)ccc1C(F)(F)F. The highest BCUT2D eigenvalue weighted by molar-refractivity contribution is 5.37. The van der Waals surface area contributed by atoms with E-state index in [0.717, 1.165) is 24.1 Å². The quantitative estimate of drug-likeness (QED) is 0.891. The van der Waals surface area contributed by atoms with Gasteiger partial charge in [0, 0.05) is 19.3 Å². The molecule has 0 saturated carbocycles. The number of benzene rings is 1. The van der Waals surface area contributed by atoms with Crippen molar-refractivity contribution >= 4 is 0 Å². The molecule has 0 unspecified atom stereocenters. The average Bonchev–Trinajstić information content (AvgIpc) is 2.91. The van der Waals surface area contributed by atoms with Gasteiger partial charge in [-0.15, -0.1) is 5.10 Å². The van der Waals surface area contributed by atoms with Crippen molar-refractivity contribution in [2.75, 3.05) is 0 Å². The van der Waals surface area contributed by atoms with Crippen LogP contribution in [0.2, 0.25) is 0 Å². The fraction of sp³-hybridized carbons (Fsp3) is 0.556. The molecule has 3 rings (SSSR count). The average molecular weight is 352 g/mol. The van der Waals surface area contributed by atoms with Gasteiger partial charge in [-0.2, -0.15) is 13.2 Å². The van der Waals surface area contributed by atoms with Crippen molar-refractivity contribution in [3.05, 3.63) is 46.8 Å². The normalized spacial score (nSPS) is 27.5. The van der Waals surface area contributed by atoms with Gasteiger partial charge in [0.1, 0.15) is 0 Å². The van der Waals surface area contributed by atoms with Crippen LogP contribution in [0, 0.1) is 6.92 Å². The Hall–Kier alpha value is -1.89. The predicted octanol–water partition coefficient (Wildman–Crippen LogP) is 3.91. The Balaban J connectivity index is 1.93. The maximum absolute atomic E-state index is 13.0. The summed E-state index contributed by atoms with van der Waals surface area (Å²) in [7, 11) is 1.82. The van der Waals surface area contributed by atoms with Gasteiger partial charge in [0.05, 0.1) is 17.3 Å². The first-order valence-corrected chi connectivity index (χ1v) is 8.39. The van der Waals surface area contributed by atoms with Crippen LogP contribution in [0.15, 0.2) is 24.4 Å². The van der Waals surface area contributed by atoms with Crippen LogP contribution < -0.4 is 5.32 Å². The zero-order chi connectivity index (χ0) is 18.4. The second kappa shape index (κ2) is 6.12. The maximum Gasteiger partial charge on any atom is 0.416 e. The number of aromatic nitrogens is 3. The molecule has 1 aliphatic rings. The van der Waals surface area contributed by atoms with Gasteiger partial charge in [-0.25, -0.2) is 0 Å². The molecule has 1 aromatic carbocycles. The molecule has 1 saturated heterocycles. The van der Waals surface area contributed by atoms with Crippen molar-refractivity contribution in [3.63, 3.8) is 0 Å². The van der Waals surface area contributed by atoms with Crippen molar-refractivity contribution in [3.8, 4) is 0 Å². The topological polar surface area (TPSA) is 42.7 Å². The molecule has 2 aromatic rings. The van der Waals surface area contributed by atoms with Crippen LogP contribution in [0.4, 0.5) is 13.2 Å². The lowest BCUT2D eigenvalue weighted by molar-refractivity contribution is -0.138. The molecule has 0 spiro atoms. The van der Waals surface area contributed by atoms with Gasteiger partial charge >= 0.3 is 6.18 Å². The van der Waals surface area contributed by atoms with Crippen LogP contribution in [0.3, 0.4) is 0 Å². The molecule has 3 atom stereocenters. The number of nitrogens with one attached hydrogen (secondary N) is 1. The van der Waals surface area contributed by atoms with Gasteiger partial charge in [-0.3, -0.25) is 4.68 Å². The molecule has 1 aliphatic heterocycles. The molecule has 0 aliphatic carbocycles. The van der Waals surface area contributed by atoms with E-state index >= 15 is 0 Å². The molecular formula is C18H23F3N4. The van der Waals surface area contributed by atoms with E-state index < -0.39 is 11.7 Å². The molecule has 136 valence electrons. The Kier molecular flexibility index (Phi) is 4.39. The first-order valence-electron chi connectivity index (χ1n) is 8.39. The van der Waals surface area contributed by atoms with E-state index in [9.17, 15) is 13.2 Å². The number of halogens is 3. The van der Waals surface area contributed by atoms with Crippen LogP contribution in [0.25, 0.3) is 0 Å². The number of nitrogens with zero attached hydrogens (tertiary/aromatic N) is 3. The van der Waals surface area contributed by atoms with E-state index in [-0.39, 0.29) is 23.1 Å². The monoisotopic (exact) mass is 352 g/mol. The summed E-state index contributed by atoms with van der Waals surface area (Å²) in [5.74, 6) is 0. The van der Waals surface area contributed by atoms with Gasteiger partial charge < -0.3 is 5.32 Å². The van der Waals surface area contributed by atoms with Crippen LogP contribution in [-0.2, 0) is 18.6 Å². The smallest absolute Gasteiger partial charge is 0.306 e. The van der Waals surface area contributed by atoms with E-state index in [4.69, 9.17) is 0 Å². The fourth-order valence-corrected chi connectivity index (χ4v) is 3.98. The molecule has 1 fully saturated rings. The Morgan fingerprint density at radius 3 is 2.56 bits per heavy atom. The molecule has 1 aromatic heterocycles. The second-order valence-electron chi connectivity index (χ2n) is 7.43. The van der Waals surface area contributed by atoms with Gasteiger partial charge in [0.2, 0.25) is 0 Å². The number of hydrogen-bond donors (Lipinski definition) is 1. The summed E-state index contributed by atoms with van der Waals surface area (Å²) in [5.41, 5.74) is 1.30. The molecule has 1 N–H and O–H groups in total. The van der Waals surface area contributed by atoms with Gasteiger partial charge in [0.25, 0.3) is 0 Å². The minimum atomic E-state index is -4.31. The Bertz CT molecular complexity index is 768. The summed E-state index contributed by atoms with van der Waals surface area (Å²) in [6.45, 7) is 5.74. The highest BCUT2D eigenvalue weighted by atomic mass is 19.4. The number of aryl methyl sites for hydroxylation is 2. The number of alkyl halides is 3. The highest BCUT2D eigenvalue weighted by Gasteiger charge is 2.39. The first kappa shape index (κ1) is 17.9. The van der Waals surface area contributed by atoms with E-state index in [1.54, 1.807) is 16.8 Å². The third-order valence-corrected chi connectivity index (χ3v) is 5.10. The Morgan fingerprint density at radius 2 is 2.00 bits per heavy atom. The minimum Gasteiger partial charge on any atom is -0.306 e. The highest BCUT2D eigenvalue weighted by Crippen LogP contribution is 2.43. The molecule has 7 heteroatoms. The third-order valence-electron chi connectivity index (χ3n) is 5.10. The van der Waals surface area contributed by atoms with Crippen LogP contribution in [-0.4, -0.2) is 21.0 Å². The molecule has 25 heavy (non-hydrogen) atoms. The van der Waals surface area contributed by atoms with Crippen LogP contribution in [0.1, 0.15) is 55.1 Å². The van der Waals surface area contributed by atoms with Crippen LogP contribution >= 0.6 is 0 Å². The molecular weight excluding hydrogens is 329 g/mol. The Morgan fingerprint density at radius 1 is 1.28 bits per heavy atom. The van der Waals surface area contributed by atoms with E-state index in [1.165, 1.54) is 13.0 Å². The van der Waals surface area contributed by atoms with Gasteiger partial charge in [-0.1, -0.05) is 24.3 Å². The fourth-order valence-electron chi connectivity index (χ4n) is 3.98. The third kappa shape index (κ3) is 3.56. The molecule has 0 amide bonds. The minimum absolute atomic E-state index is 0.0325. The summed E-state index contributed by atoms with van der Waals surface area (Å²) < 4.78 is 40.8. The van der Waals surface area contributed by atoms with Crippen molar-refractivity contribution in [2.24, 2.45) is 7.05 Å². The predicted molar refractivity (Wildman–Crippen MR) is 89.1 cm³/mol. The Labute approximate surface area is 145 Å². The van der Waals surface area contributed by atoms with Crippen molar-refractivity contribution in [2.45, 2.75) is 57.3 Å². The van der Waals surface area contributed by atoms with Crippen LogP contribution in [0.5, 0.6) is 0 Å².